The Morgan fingerprint density at radius 2 is 1.92 bits per heavy atom. The fourth-order valence-corrected chi connectivity index (χ4v) is 5.23. The van der Waals surface area contributed by atoms with Crippen molar-refractivity contribution in [2.24, 2.45) is 0 Å². The van der Waals surface area contributed by atoms with Crippen LogP contribution in [0.1, 0.15) is 31.7 Å². The van der Waals surface area contributed by atoms with E-state index in [-0.39, 0.29) is 36.0 Å². The molecule has 1 aromatic carbocycles. The summed E-state index contributed by atoms with van der Waals surface area (Å²) in [6.45, 7) is 1.87. The molecule has 0 aromatic heterocycles. The van der Waals surface area contributed by atoms with E-state index in [0.717, 1.165) is 18.4 Å². The first-order valence-electron chi connectivity index (χ1n) is 8.60. The average Bonchev–Trinajstić information content (AvgIpc) is 3.34. The summed E-state index contributed by atoms with van der Waals surface area (Å²) in [5, 5.41) is 0. The van der Waals surface area contributed by atoms with Gasteiger partial charge in [0, 0.05) is 12.6 Å². The van der Waals surface area contributed by atoms with Crippen molar-refractivity contribution < 1.29 is 22.7 Å². The molecule has 0 spiro atoms. The molecule has 2 fully saturated rings. The molecule has 1 amide bonds. The quantitative estimate of drug-likeness (QED) is 0.710. The number of likely N-dealkylation sites (N-methyl/N-ethyl adjacent to an activating group) is 1. The zero-order valence-electron chi connectivity index (χ0n) is 14.3. The number of nitrogens with zero attached hydrogens (tertiary/aromatic N) is 1. The number of ether oxygens (including phenoxy) is 1. The van der Waals surface area contributed by atoms with Gasteiger partial charge in [0.05, 0.1) is 16.9 Å². The molecule has 1 saturated carbocycles. The maximum Gasteiger partial charge on any atom is 0.317 e. The summed E-state index contributed by atoms with van der Waals surface area (Å²) in [5.74, 6) is -0.601. The summed E-state index contributed by atoms with van der Waals surface area (Å²) >= 11 is 0. The van der Waals surface area contributed by atoms with Gasteiger partial charge in [-0.25, -0.2) is 8.42 Å². The van der Waals surface area contributed by atoms with Crippen molar-refractivity contribution in [2.75, 3.05) is 24.7 Å². The van der Waals surface area contributed by atoms with Gasteiger partial charge < -0.3 is 9.64 Å². The fraction of sp³-hybridized carbons (Fsp3) is 0.556. The van der Waals surface area contributed by atoms with Crippen LogP contribution in [0.4, 0.5) is 0 Å². The van der Waals surface area contributed by atoms with Crippen molar-refractivity contribution in [1.82, 2.24) is 4.90 Å². The maximum atomic E-state index is 12.5. The van der Waals surface area contributed by atoms with E-state index in [1.54, 1.807) is 6.92 Å². The standard InChI is InChI=1S/C18H23NO5S/c1-2-19(15-8-11-25(22,23)13-15)16(20)12-24-17(21)18(9-10-18)14-6-4-3-5-7-14/h3-7,15H,2,8-13H2,1H3/t15-/m0/s1. The third kappa shape index (κ3) is 3.71. The Morgan fingerprint density at radius 3 is 2.44 bits per heavy atom. The summed E-state index contributed by atoms with van der Waals surface area (Å²) in [6, 6.07) is 9.14. The Kier molecular flexibility index (Phi) is 4.86. The highest BCUT2D eigenvalue weighted by atomic mass is 32.2. The van der Waals surface area contributed by atoms with Gasteiger partial charge in [-0.1, -0.05) is 30.3 Å². The second kappa shape index (κ2) is 6.78. The van der Waals surface area contributed by atoms with E-state index in [9.17, 15) is 18.0 Å². The first-order valence-corrected chi connectivity index (χ1v) is 10.4. The number of sulfone groups is 1. The third-order valence-electron chi connectivity index (χ3n) is 5.10. The van der Waals surface area contributed by atoms with Crippen molar-refractivity contribution in [3.63, 3.8) is 0 Å². The molecule has 2 aliphatic rings. The van der Waals surface area contributed by atoms with E-state index in [4.69, 9.17) is 4.74 Å². The molecule has 1 aromatic rings. The van der Waals surface area contributed by atoms with Gasteiger partial charge in [0.1, 0.15) is 0 Å². The smallest absolute Gasteiger partial charge is 0.317 e. The van der Waals surface area contributed by atoms with Crippen molar-refractivity contribution in [3.05, 3.63) is 35.9 Å². The van der Waals surface area contributed by atoms with Gasteiger partial charge in [-0.2, -0.15) is 0 Å². The van der Waals surface area contributed by atoms with Crippen LogP contribution in [0.5, 0.6) is 0 Å². The summed E-state index contributed by atoms with van der Waals surface area (Å²) in [5.41, 5.74) is 0.302. The van der Waals surface area contributed by atoms with E-state index in [0.29, 0.717) is 13.0 Å². The molecule has 1 aliphatic carbocycles. The van der Waals surface area contributed by atoms with Crippen LogP contribution in [0.3, 0.4) is 0 Å². The lowest BCUT2D eigenvalue weighted by Gasteiger charge is -2.27. The van der Waals surface area contributed by atoms with Gasteiger partial charge in [0.25, 0.3) is 5.91 Å². The predicted octanol–water partition coefficient (Wildman–Crippen LogP) is 1.30. The second-order valence-corrected chi connectivity index (χ2v) is 8.99. The third-order valence-corrected chi connectivity index (χ3v) is 6.85. The summed E-state index contributed by atoms with van der Waals surface area (Å²) in [7, 11) is -3.07. The Balaban J connectivity index is 1.59. The minimum atomic E-state index is -3.07. The highest BCUT2D eigenvalue weighted by Crippen LogP contribution is 2.49. The minimum Gasteiger partial charge on any atom is -0.455 e. The molecule has 0 radical (unpaired) electrons. The SMILES string of the molecule is CCN(C(=O)COC(=O)C1(c2ccccc2)CC1)[C@H]1CCS(=O)(=O)C1. The van der Waals surface area contributed by atoms with Gasteiger partial charge in [-0.3, -0.25) is 9.59 Å². The normalized spacial score (nSPS) is 23.0. The average molecular weight is 365 g/mol. The molecule has 136 valence electrons. The molecule has 3 rings (SSSR count). The van der Waals surface area contributed by atoms with Crippen LogP contribution in [0.2, 0.25) is 0 Å². The largest absolute Gasteiger partial charge is 0.455 e. The topological polar surface area (TPSA) is 80.8 Å². The van der Waals surface area contributed by atoms with E-state index >= 15 is 0 Å². The Hall–Kier alpha value is -1.89. The monoisotopic (exact) mass is 365 g/mol. The molecule has 0 bridgehead atoms. The lowest BCUT2D eigenvalue weighted by molar-refractivity contribution is -0.154. The first kappa shape index (κ1) is 17.9. The molecule has 7 heteroatoms. The lowest BCUT2D eigenvalue weighted by Crippen LogP contribution is -2.43. The van der Waals surface area contributed by atoms with E-state index < -0.39 is 15.3 Å². The Morgan fingerprint density at radius 1 is 1.24 bits per heavy atom. The number of carbonyl (C=O) groups excluding carboxylic acids is 2. The van der Waals surface area contributed by atoms with Crippen molar-refractivity contribution in [3.8, 4) is 0 Å². The fourth-order valence-electron chi connectivity index (χ4n) is 3.50. The van der Waals surface area contributed by atoms with E-state index in [1.165, 1.54) is 4.90 Å². The second-order valence-electron chi connectivity index (χ2n) is 6.76. The maximum absolute atomic E-state index is 12.5. The lowest BCUT2D eigenvalue weighted by atomic mass is 9.96. The van der Waals surface area contributed by atoms with Crippen molar-refractivity contribution in [1.29, 1.82) is 0 Å². The van der Waals surface area contributed by atoms with Gasteiger partial charge in [-0.15, -0.1) is 0 Å². The van der Waals surface area contributed by atoms with Gasteiger partial charge in [0.15, 0.2) is 16.4 Å². The molecule has 1 heterocycles. The summed E-state index contributed by atoms with van der Waals surface area (Å²) in [6.07, 6.45) is 1.90. The molecule has 6 nitrogen and oxygen atoms in total. The Bertz CT molecular complexity index is 755. The van der Waals surface area contributed by atoms with Crippen molar-refractivity contribution >= 4 is 21.7 Å². The van der Waals surface area contributed by atoms with E-state index in [2.05, 4.69) is 0 Å². The summed E-state index contributed by atoms with van der Waals surface area (Å²) in [4.78, 5) is 26.4. The summed E-state index contributed by atoms with van der Waals surface area (Å²) < 4.78 is 28.5. The molecule has 0 unspecified atom stereocenters. The van der Waals surface area contributed by atoms with Crippen LogP contribution in [-0.4, -0.2) is 55.9 Å². The number of rotatable bonds is 6. The highest BCUT2D eigenvalue weighted by molar-refractivity contribution is 7.91. The van der Waals surface area contributed by atoms with Crippen molar-refractivity contribution in [2.45, 2.75) is 37.6 Å². The zero-order chi connectivity index (χ0) is 18.1. The molecule has 1 atom stereocenters. The number of amides is 1. The molecule has 1 saturated heterocycles. The number of hydrogen-bond donors (Lipinski definition) is 0. The van der Waals surface area contributed by atoms with Gasteiger partial charge >= 0.3 is 5.97 Å². The first-order chi connectivity index (χ1) is 11.9. The number of hydrogen-bond acceptors (Lipinski definition) is 5. The predicted molar refractivity (Wildman–Crippen MR) is 92.8 cm³/mol. The van der Waals surface area contributed by atoms with Crippen LogP contribution in [0, 0.1) is 0 Å². The van der Waals surface area contributed by atoms with Crippen LogP contribution in [-0.2, 0) is 29.6 Å². The van der Waals surface area contributed by atoms with E-state index in [1.807, 2.05) is 30.3 Å². The van der Waals surface area contributed by atoms with Gasteiger partial charge in [0.2, 0.25) is 0 Å². The number of esters is 1. The Labute approximate surface area is 148 Å². The molecule has 0 N–H and O–H groups in total. The zero-order valence-corrected chi connectivity index (χ0v) is 15.1. The van der Waals surface area contributed by atoms with Crippen LogP contribution < -0.4 is 0 Å². The molecule has 25 heavy (non-hydrogen) atoms. The number of carbonyl (C=O) groups is 2. The van der Waals surface area contributed by atoms with Crippen LogP contribution in [0.25, 0.3) is 0 Å². The molecular weight excluding hydrogens is 342 g/mol. The highest BCUT2D eigenvalue weighted by Gasteiger charge is 2.53. The minimum absolute atomic E-state index is 0.00548. The molecular formula is C18H23NO5S. The van der Waals surface area contributed by atoms with Gasteiger partial charge in [-0.05, 0) is 31.7 Å². The molecule has 1 aliphatic heterocycles. The number of benzene rings is 1. The van der Waals surface area contributed by atoms with Crippen LogP contribution in [0.15, 0.2) is 30.3 Å². The van der Waals surface area contributed by atoms with Crippen LogP contribution >= 0.6 is 0 Å².